The SMILES string of the molecule is CN(C)[C@@H]1C[C@@H](CO)N(C(=O)c2[nH]nc(N)c2-c2ccccc2)C1. The molecule has 1 amide bonds. The Morgan fingerprint density at radius 1 is 1.42 bits per heavy atom. The van der Waals surface area contributed by atoms with Crippen molar-refractivity contribution >= 4 is 11.7 Å². The lowest BCUT2D eigenvalue weighted by Gasteiger charge is -2.23. The number of nitrogens with two attached hydrogens (primary N) is 1. The van der Waals surface area contributed by atoms with Crippen LogP contribution < -0.4 is 5.73 Å². The van der Waals surface area contributed by atoms with E-state index in [1.807, 2.05) is 44.4 Å². The first-order chi connectivity index (χ1) is 11.5. The van der Waals surface area contributed by atoms with Crippen LogP contribution in [-0.4, -0.2) is 70.3 Å². The first-order valence-electron chi connectivity index (χ1n) is 8.00. The number of aromatic amines is 1. The van der Waals surface area contributed by atoms with Crippen LogP contribution in [0.3, 0.4) is 0 Å². The van der Waals surface area contributed by atoms with E-state index in [4.69, 9.17) is 5.73 Å². The van der Waals surface area contributed by atoms with Crippen molar-refractivity contribution in [3.05, 3.63) is 36.0 Å². The van der Waals surface area contributed by atoms with Gasteiger partial charge in [-0.1, -0.05) is 30.3 Å². The average Bonchev–Trinajstić information content (AvgIpc) is 3.18. The predicted molar refractivity (Wildman–Crippen MR) is 92.4 cm³/mol. The van der Waals surface area contributed by atoms with Crippen LogP contribution in [0.4, 0.5) is 5.82 Å². The van der Waals surface area contributed by atoms with Gasteiger partial charge in [-0.3, -0.25) is 9.89 Å². The van der Waals surface area contributed by atoms with Crippen molar-refractivity contribution in [1.29, 1.82) is 0 Å². The molecule has 24 heavy (non-hydrogen) atoms. The van der Waals surface area contributed by atoms with Crippen molar-refractivity contribution in [3.8, 4) is 11.1 Å². The highest BCUT2D eigenvalue weighted by Crippen LogP contribution is 2.30. The largest absolute Gasteiger partial charge is 0.394 e. The highest BCUT2D eigenvalue weighted by atomic mass is 16.3. The highest BCUT2D eigenvalue weighted by molar-refractivity contribution is 6.01. The molecule has 2 heterocycles. The van der Waals surface area contributed by atoms with E-state index in [0.717, 1.165) is 12.0 Å². The minimum Gasteiger partial charge on any atom is -0.394 e. The number of anilines is 1. The number of carbonyl (C=O) groups is 1. The first kappa shape index (κ1) is 16.5. The molecule has 0 spiro atoms. The van der Waals surface area contributed by atoms with Gasteiger partial charge in [0.25, 0.3) is 5.91 Å². The van der Waals surface area contributed by atoms with Gasteiger partial charge in [0, 0.05) is 12.6 Å². The van der Waals surface area contributed by atoms with E-state index in [9.17, 15) is 9.90 Å². The molecule has 3 rings (SSSR count). The number of nitrogens with zero attached hydrogens (tertiary/aromatic N) is 3. The second kappa shape index (κ2) is 6.62. The van der Waals surface area contributed by atoms with Gasteiger partial charge in [0.2, 0.25) is 0 Å². The molecule has 0 unspecified atom stereocenters. The fourth-order valence-electron chi connectivity index (χ4n) is 3.24. The van der Waals surface area contributed by atoms with Crippen molar-refractivity contribution in [2.45, 2.75) is 18.5 Å². The molecule has 1 aromatic carbocycles. The number of hydrogen-bond donors (Lipinski definition) is 3. The number of nitrogens with one attached hydrogen (secondary N) is 1. The van der Waals surface area contributed by atoms with E-state index in [1.54, 1.807) is 4.90 Å². The number of aliphatic hydroxyl groups is 1. The molecule has 1 aliphatic rings. The molecule has 0 saturated carbocycles. The Labute approximate surface area is 141 Å². The number of aromatic nitrogens is 2. The summed E-state index contributed by atoms with van der Waals surface area (Å²) in [6, 6.07) is 9.52. The van der Waals surface area contributed by atoms with E-state index >= 15 is 0 Å². The predicted octanol–water partition coefficient (Wildman–Crippen LogP) is 0.796. The van der Waals surface area contributed by atoms with Crippen LogP contribution in [0.2, 0.25) is 0 Å². The van der Waals surface area contributed by atoms with Crippen molar-refractivity contribution in [1.82, 2.24) is 20.0 Å². The minimum absolute atomic E-state index is 0.0552. The van der Waals surface area contributed by atoms with Crippen LogP contribution in [0.1, 0.15) is 16.9 Å². The van der Waals surface area contributed by atoms with Gasteiger partial charge in [0.1, 0.15) is 5.69 Å². The normalized spacial score (nSPS) is 20.8. The van der Waals surface area contributed by atoms with E-state index in [2.05, 4.69) is 15.1 Å². The quantitative estimate of drug-likeness (QED) is 0.770. The molecular weight excluding hydrogens is 306 g/mol. The summed E-state index contributed by atoms with van der Waals surface area (Å²) < 4.78 is 0. The Morgan fingerprint density at radius 2 is 2.12 bits per heavy atom. The fourth-order valence-corrected chi connectivity index (χ4v) is 3.24. The number of likely N-dealkylation sites (tertiary alicyclic amines) is 1. The van der Waals surface area contributed by atoms with Gasteiger partial charge >= 0.3 is 0 Å². The molecule has 128 valence electrons. The monoisotopic (exact) mass is 329 g/mol. The van der Waals surface area contributed by atoms with Gasteiger partial charge in [-0.05, 0) is 26.1 Å². The highest BCUT2D eigenvalue weighted by Gasteiger charge is 2.37. The van der Waals surface area contributed by atoms with E-state index in [0.29, 0.717) is 23.6 Å². The Hall–Kier alpha value is -2.38. The number of likely N-dealkylation sites (N-methyl/N-ethyl adjacent to an activating group) is 1. The maximum absolute atomic E-state index is 13.1. The standard InChI is InChI=1S/C17H23N5O2/c1-21(2)12-8-13(10-23)22(9-12)17(24)15-14(16(18)20-19-15)11-6-4-3-5-7-11/h3-7,12-13,23H,8-10H2,1-2H3,(H3,18,19,20)/t12-,13+/m1/s1. The summed E-state index contributed by atoms with van der Waals surface area (Å²) in [5, 5.41) is 16.5. The summed E-state index contributed by atoms with van der Waals surface area (Å²) in [7, 11) is 3.97. The Kier molecular flexibility index (Phi) is 4.55. The summed E-state index contributed by atoms with van der Waals surface area (Å²) in [5.74, 6) is 0.120. The molecular formula is C17H23N5O2. The molecule has 2 atom stereocenters. The number of H-pyrrole nitrogens is 1. The van der Waals surface area contributed by atoms with Gasteiger partial charge in [-0.15, -0.1) is 0 Å². The zero-order valence-electron chi connectivity index (χ0n) is 13.9. The molecule has 2 aromatic rings. The summed E-state index contributed by atoms with van der Waals surface area (Å²) >= 11 is 0. The van der Waals surface area contributed by atoms with Crippen molar-refractivity contribution < 1.29 is 9.90 Å². The van der Waals surface area contributed by atoms with Gasteiger partial charge < -0.3 is 20.6 Å². The van der Waals surface area contributed by atoms with Gasteiger partial charge in [0.05, 0.1) is 18.2 Å². The zero-order valence-corrected chi connectivity index (χ0v) is 13.9. The van der Waals surface area contributed by atoms with E-state index in [-0.39, 0.29) is 24.6 Å². The number of nitrogen functional groups attached to an aromatic ring is 1. The molecule has 4 N–H and O–H groups in total. The lowest BCUT2D eigenvalue weighted by Crippen LogP contribution is -2.39. The average molecular weight is 329 g/mol. The fraction of sp³-hybridized carbons (Fsp3) is 0.412. The number of amides is 1. The molecule has 7 heteroatoms. The number of benzene rings is 1. The van der Waals surface area contributed by atoms with Gasteiger partial charge in [0.15, 0.2) is 5.82 Å². The summed E-state index contributed by atoms with van der Waals surface area (Å²) in [4.78, 5) is 16.9. The molecule has 7 nitrogen and oxygen atoms in total. The lowest BCUT2D eigenvalue weighted by atomic mass is 10.0. The number of aliphatic hydroxyl groups excluding tert-OH is 1. The van der Waals surface area contributed by atoms with Crippen molar-refractivity contribution in [2.75, 3.05) is 33.0 Å². The third kappa shape index (κ3) is 2.88. The van der Waals surface area contributed by atoms with Crippen LogP contribution in [0, 0.1) is 0 Å². The number of carbonyl (C=O) groups excluding carboxylic acids is 1. The number of hydrogen-bond acceptors (Lipinski definition) is 5. The Morgan fingerprint density at radius 3 is 2.75 bits per heavy atom. The molecule has 1 aromatic heterocycles. The second-order valence-electron chi connectivity index (χ2n) is 6.37. The van der Waals surface area contributed by atoms with Crippen LogP contribution in [0.25, 0.3) is 11.1 Å². The molecule has 0 radical (unpaired) electrons. The number of rotatable bonds is 4. The smallest absolute Gasteiger partial charge is 0.272 e. The summed E-state index contributed by atoms with van der Waals surface area (Å²) in [6.45, 7) is 0.518. The molecule has 1 saturated heterocycles. The van der Waals surface area contributed by atoms with Crippen LogP contribution in [0.5, 0.6) is 0 Å². The van der Waals surface area contributed by atoms with E-state index in [1.165, 1.54) is 0 Å². The zero-order chi connectivity index (χ0) is 17.3. The van der Waals surface area contributed by atoms with Crippen LogP contribution >= 0.6 is 0 Å². The minimum atomic E-state index is -0.196. The first-order valence-corrected chi connectivity index (χ1v) is 8.00. The van der Waals surface area contributed by atoms with Crippen LogP contribution in [-0.2, 0) is 0 Å². The third-order valence-corrected chi connectivity index (χ3v) is 4.66. The topological polar surface area (TPSA) is 98.5 Å². The Bertz CT molecular complexity index is 713. The third-order valence-electron chi connectivity index (χ3n) is 4.66. The summed E-state index contributed by atoms with van der Waals surface area (Å²) in [5.41, 5.74) is 7.81. The lowest BCUT2D eigenvalue weighted by molar-refractivity contribution is 0.0668. The molecule has 0 bridgehead atoms. The van der Waals surface area contributed by atoms with Crippen molar-refractivity contribution in [2.24, 2.45) is 0 Å². The van der Waals surface area contributed by atoms with Gasteiger partial charge in [-0.25, -0.2) is 0 Å². The maximum Gasteiger partial charge on any atom is 0.272 e. The van der Waals surface area contributed by atoms with E-state index < -0.39 is 0 Å². The van der Waals surface area contributed by atoms with Gasteiger partial charge in [-0.2, -0.15) is 5.10 Å². The second-order valence-corrected chi connectivity index (χ2v) is 6.37. The maximum atomic E-state index is 13.1. The molecule has 1 aliphatic heterocycles. The van der Waals surface area contributed by atoms with Crippen LogP contribution in [0.15, 0.2) is 30.3 Å². The van der Waals surface area contributed by atoms with Crippen molar-refractivity contribution in [3.63, 3.8) is 0 Å². The molecule has 1 fully saturated rings. The Balaban J connectivity index is 1.94. The molecule has 0 aliphatic carbocycles. The summed E-state index contributed by atoms with van der Waals surface area (Å²) in [6.07, 6.45) is 0.750.